The zero-order chi connectivity index (χ0) is 24.7. The van der Waals surface area contributed by atoms with Crippen molar-refractivity contribution >= 4 is 28.9 Å². The van der Waals surface area contributed by atoms with Crippen LogP contribution in [0.5, 0.6) is 0 Å². The van der Waals surface area contributed by atoms with Gasteiger partial charge in [0.15, 0.2) is 5.82 Å². The van der Waals surface area contributed by atoms with Gasteiger partial charge in [-0.25, -0.2) is 18.4 Å². The fourth-order valence-electron chi connectivity index (χ4n) is 3.41. The Morgan fingerprint density at radius 3 is 2.30 bits per heavy atom. The lowest BCUT2D eigenvalue weighted by molar-refractivity contribution is 0.0171. The summed E-state index contributed by atoms with van der Waals surface area (Å²) in [5.74, 6) is -1.74. The van der Waals surface area contributed by atoms with Gasteiger partial charge in [0.25, 0.3) is 0 Å². The smallest absolute Gasteiger partial charge is 0.432 e. The highest BCUT2D eigenvalue weighted by Gasteiger charge is 2.25. The van der Waals surface area contributed by atoms with Crippen LogP contribution in [0.4, 0.5) is 24.2 Å². The summed E-state index contributed by atoms with van der Waals surface area (Å²) in [4.78, 5) is 25.2. The Morgan fingerprint density at radius 2 is 1.79 bits per heavy atom. The molecule has 33 heavy (non-hydrogen) atoms. The second kappa shape index (κ2) is 8.68. The summed E-state index contributed by atoms with van der Waals surface area (Å²) in [6.07, 6.45) is -1.91. The topological polar surface area (TPSA) is 111 Å². The lowest BCUT2D eigenvalue weighted by Crippen LogP contribution is -2.40. The third kappa shape index (κ3) is 5.05. The number of amides is 1. The van der Waals surface area contributed by atoms with Crippen LogP contribution < -0.4 is 5.73 Å². The Bertz CT molecular complexity index is 1210. The summed E-state index contributed by atoms with van der Waals surface area (Å²) in [5, 5.41) is 13.2. The van der Waals surface area contributed by atoms with Crippen LogP contribution in [0.3, 0.4) is 0 Å². The van der Waals surface area contributed by atoms with Gasteiger partial charge in [-0.15, -0.1) is 5.10 Å². The lowest BCUT2D eigenvalue weighted by atomic mass is 10.0. The van der Waals surface area contributed by atoms with Crippen molar-refractivity contribution in [2.24, 2.45) is 0 Å². The summed E-state index contributed by atoms with van der Waals surface area (Å²) in [6.45, 7) is 8.73. The number of hydrogen-bond acceptors (Lipinski definition) is 5. The number of carboxylic acid groups (broad SMARTS) is 1. The maximum absolute atomic E-state index is 15.0. The minimum absolute atomic E-state index is 0.0436. The number of nitrogens with two attached hydrogens (primary N) is 1. The number of halogens is 2. The van der Waals surface area contributed by atoms with E-state index >= 15 is 8.78 Å². The van der Waals surface area contributed by atoms with Gasteiger partial charge in [0, 0.05) is 18.0 Å². The molecule has 0 unspecified atom stereocenters. The molecule has 3 aromatic rings. The molecule has 1 heterocycles. The van der Waals surface area contributed by atoms with Crippen LogP contribution in [0.15, 0.2) is 30.3 Å². The number of carbonyl (C=O) groups excluding carboxylic acids is 1. The van der Waals surface area contributed by atoms with E-state index in [2.05, 4.69) is 5.10 Å². The quantitative estimate of drug-likeness (QED) is 0.551. The van der Waals surface area contributed by atoms with Gasteiger partial charge in [0.2, 0.25) is 0 Å². The first-order valence-corrected chi connectivity index (χ1v) is 10.3. The highest BCUT2D eigenvalue weighted by atomic mass is 19.1. The summed E-state index contributed by atoms with van der Waals surface area (Å²) < 4.78 is 36.2. The number of rotatable bonds is 4. The van der Waals surface area contributed by atoms with E-state index in [4.69, 9.17) is 10.5 Å². The number of ether oxygens (including phenoxy) is 1. The van der Waals surface area contributed by atoms with E-state index < -0.39 is 29.4 Å². The van der Waals surface area contributed by atoms with Crippen molar-refractivity contribution in [3.8, 4) is 11.1 Å². The minimum Gasteiger partial charge on any atom is -0.463 e. The molecule has 0 saturated carbocycles. The first kappa shape index (κ1) is 24.0. The molecule has 1 amide bonds. The Hall–Kier alpha value is -3.69. The monoisotopic (exact) mass is 460 g/mol. The molecule has 0 fully saturated rings. The van der Waals surface area contributed by atoms with Gasteiger partial charge in [0.1, 0.15) is 17.2 Å². The molecule has 3 rings (SSSR count). The number of benzene rings is 2. The van der Waals surface area contributed by atoms with Crippen molar-refractivity contribution in [1.82, 2.24) is 14.7 Å². The van der Waals surface area contributed by atoms with Crippen molar-refractivity contribution in [1.29, 1.82) is 0 Å². The first-order valence-electron chi connectivity index (χ1n) is 10.3. The number of aromatic nitrogens is 2. The third-order valence-corrected chi connectivity index (χ3v) is 4.88. The SMILES string of the molecule is CC(C)N(Cc1cc(F)c(-c2ccc3c(c2)c(N)nn3C(=O)O)c(F)c1)C(=O)OC(C)(C)C. The fourth-order valence-corrected chi connectivity index (χ4v) is 3.41. The number of nitrogens with zero attached hydrogens (tertiary/aromatic N) is 3. The van der Waals surface area contributed by atoms with Gasteiger partial charge in [-0.05, 0) is 70.0 Å². The van der Waals surface area contributed by atoms with Gasteiger partial charge in [-0.1, -0.05) is 6.07 Å². The normalized spacial score (nSPS) is 11.8. The van der Waals surface area contributed by atoms with Crippen molar-refractivity contribution in [2.45, 2.75) is 52.8 Å². The van der Waals surface area contributed by atoms with Crippen LogP contribution in [-0.2, 0) is 11.3 Å². The van der Waals surface area contributed by atoms with Crippen molar-refractivity contribution in [3.05, 3.63) is 47.5 Å². The molecular weight excluding hydrogens is 434 g/mol. The van der Waals surface area contributed by atoms with E-state index in [1.807, 2.05) is 0 Å². The molecule has 0 atom stereocenters. The fraction of sp³-hybridized carbons (Fsp3) is 0.348. The van der Waals surface area contributed by atoms with E-state index in [0.717, 1.165) is 12.1 Å². The molecule has 0 aliphatic carbocycles. The van der Waals surface area contributed by atoms with Crippen molar-refractivity contribution < 1.29 is 28.2 Å². The number of hydrogen-bond donors (Lipinski definition) is 2. The second-order valence-electron chi connectivity index (χ2n) is 8.95. The molecule has 8 nitrogen and oxygen atoms in total. The number of anilines is 1. The van der Waals surface area contributed by atoms with Crippen molar-refractivity contribution in [3.63, 3.8) is 0 Å². The summed E-state index contributed by atoms with van der Waals surface area (Å²) in [7, 11) is 0. The molecule has 3 N–H and O–H groups in total. The van der Waals surface area contributed by atoms with Gasteiger partial charge >= 0.3 is 12.2 Å². The van der Waals surface area contributed by atoms with Crippen LogP contribution in [0.2, 0.25) is 0 Å². The van der Waals surface area contributed by atoms with E-state index in [0.29, 0.717) is 4.68 Å². The highest BCUT2D eigenvalue weighted by molar-refractivity contribution is 5.97. The molecule has 10 heteroatoms. The van der Waals surface area contributed by atoms with E-state index in [1.54, 1.807) is 34.6 Å². The van der Waals surface area contributed by atoms with Gasteiger partial charge < -0.3 is 20.5 Å². The summed E-state index contributed by atoms with van der Waals surface area (Å²) in [6, 6.07) is 6.23. The molecule has 0 aliphatic heterocycles. The number of carbonyl (C=O) groups is 2. The Labute approximate surface area is 189 Å². The molecule has 0 bridgehead atoms. The standard InChI is InChI=1S/C23H26F2N4O4/c1-12(2)28(22(32)33-23(3,4)5)11-13-8-16(24)19(17(25)9-13)14-6-7-18-15(10-14)20(26)27-29(18)21(30)31/h6-10,12H,11H2,1-5H3,(H2,26,27)(H,30,31). The average Bonchev–Trinajstić information content (AvgIpc) is 3.00. The second-order valence-corrected chi connectivity index (χ2v) is 8.95. The van der Waals surface area contributed by atoms with Gasteiger partial charge in [-0.2, -0.15) is 4.68 Å². The Balaban J connectivity index is 1.97. The molecule has 2 aromatic carbocycles. The van der Waals surface area contributed by atoms with Crippen LogP contribution in [0.25, 0.3) is 22.0 Å². The summed E-state index contributed by atoms with van der Waals surface area (Å²) >= 11 is 0. The van der Waals surface area contributed by atoms with Crippen molar-refractivity contribution in [2.75, 3.05) is 5.73 Å². The average molecular weight is 460 g/mol. The van der Waals surface area contributed by atoms with Crippen LogP contribution in [0.1, 0.15) is 40.2 Å². The van der Waals surface area contributed by atoms with Crippen LogP contribution in [0, 0.1) is 11.6 Å². The molecule has 176 valence electrons. The molecule has 0 radical (unpaired) electrons. The molecule has 0 spiro atoms. The third-order valence-electron chi connectivity index (χ3n) is 4.88. The molecule has 1 aromatic heterocycles. The highest BCUT2D eigenvalue weighted by Crippen LogP contribution is 2.32. The summed E-state index contributed by atoms with van der Waals surface area (Å²) in [5.41, 5.74) is 5.41. The maximum Gasteiger partial charge on any atom is 0.432 e. The van der Waals surface area contributed by atoms with Crippen LogP contribution >= 0.6 is 0 Å². The van der Waals surface area contributed by atoms with E-state index in [-0.39, 0.29) is 46.0 Å². The lowest BCUT2D eigenvalue weighted by Gasteiger charge is -2.30. The maximum atomic E-state index is 15.0. The van der Waals surface area contributed by atoms with Crippen LogP contribution in [-0.4, -0.2) is 43.6 Å². The zero-order valence-electron chi connectivity index (χ0n) is 19.0. The van der Waals surface area contributed by atoms with Gasteiger partial charge in [0.05, 0.1) is 11.1 Å². The largest absolute Gasteiger partial charge is 0.463 e. The molecule has 0 saturated heterocycles. The molecular formula is C23H26F2N4O4. The Kier molecular flexibility index (Phi) is 6.31. The van der Waals surface area contributed by atoms with E-state index in [1.165, 1.54) is 23.1 Å². The zero-order valence-corrected chi connectivity index (χ0v) is 19.0. The number of nitrogen functional groups attached to an aromatic ring is 1. The Morgan fingerprint density at radius 1 is 1.18 bits per heavy atom. The first-order chi connectivity index (χ1) is 15.3. The predicted molar refractivity (Wildman–Crippen MR) is 120 cm³/mol. The predicted octanol–water partition coefficient (Wildman–Crippen LogP) is 5.24. The van der Waals surface area contributed by atoms with Gasteiger partial charge in [-0.3, -0.25) is 0 Å². The minimum atomic E-state index is -1.33. The number of fused-ring (bicyclic) bond motifs is 1. The van der Waals surface area contributed by atoms with E-state index in [9.17, 15) is 14.7 Å². The molecule has 0 aliphatic rings.